The van der Waals surface area contributed by atoms with Gasteiger partial charge in [0.15, 0.2) is 0 Å². The molecule has 3 aromatic rings. The molecule has 0 aliphatic heterocycles. The van der Waals surface area contributed by atoms with Gasteiger partial charge in [-0.25, -0.2) is 9.67 Å². The molecule has 7 heteroatoms. The van der Waals surface area contributed by atoms with Crippen molar-refractivity contribution in [3.05, 3.63) is 35.6 Å². The molecule has 0 bridgehead atoms. The molecule has 0 aliphatic rings. The number of hydrogen-bond acceptors (Lipinski definition) is 5. The van der Waals surface area contributed by atoms with Crippen LogP contribution >= 0.6 is 11.3 Å². The van der Waals surface area contributed by atoms with Crippen molar-refractivity contribution in [1.29, 1.82) is 0 Å². The Morgan fingerprint density at radius 3 is 3.16 bits per heavy atom. The molecule has 0 atom stereocenters. The summed E-state index contributed by atoms with van der Waals surface area (Å²) in [6, 6.07) is 5.68. The van der Waals surface area contributed by atoms with Gasteiger partial charge in [0.1, 0.15) is 6.54 Å². The van der Waals surface area contributed by atoms with Crippen molar-refractivity contribution in [3.63, 3.8) is 0 Å². The lowest BCUT2D eigenvalue weighted by Crippen LogP contribution is -2.19. The molecule has 19 heavy (non-hydrogen) atoms. The van der Waals surface area contributed by atoms with E-state index in [-0.39, 0.29) is 12.5 Å². The number of aryl methyl sites for hydroxylation is 1. The number of nitrogens with zero attached hydrogens (tertiary/aromatic N) is 4. The van der Waals surface area contributed by atoms with Crippen molar-refractivity contribution < 1.29 is 4.79 Å². The summed E-state index contributed by atoms with van der Waals surface area (Å²) in [6.45, 7) is 2.12. The molecule has 2 aromatic heterocycles. The van der Waals surface area contributed by atoms with Crippen molar-refractivity contribution >= 4 is 33.1 Å². The van der Waals surface area contributed by atoms with E-state index in [0.29, 0.717) is 0 Å². The maximum absolute atomic E-state index is 11.8. The van der Waals surface area contributed by atoms with E-state index in [2.05, 4.69) is 20.6 Å². The number of rotatable bonds is 3. The summed E-state index contributed by atoms with van der Waals surface area (Å²) < 4.78 is 2.54. The number of nitrogens with one attached hydrogen (secondary N) is 1. The largest absolute Gasteiger partial charge is 0.324 e. The van der Waals surface area contributed by atoms with Gasteiger partial charge in [-0.05, 0) is 25.1 Å². The minimum absolute atomic E-state index is 0.133. The molecule has 2 heterocycles. The van der Waals surface area contributed by atoms with Crippen LogP contribution in [0.2, 0.25) is 0 Å². The van der Waals surface area contributed by atoms with Crippen LogP contribution in [0.1, 0.15) is 5.01 Å². The zero-order chi connectivity index (χ0) is 13.2. The van der Waals surface area contributed by atoms with Gasteiger partial charge < -0.3 is 5.32 Å². The van der Waals surface area contributed by atoms with Crippen molar-refractivity contribution in [2.75, 3.05) is 5.32 Å². The Labute approximate surface area is 113 Å². The van der Waals surface area contributed by atoms with E-state index < -0.39 is 0 Å². The van der Waals surface area contributed by atoms with Crippen LogP contribution in [0.15, 0.2) is 30.6 Å². The molecule has 1 amide bonds. The van der Waals surface area contributed by atoms with Gasteiger partial charge in [0.25, 0.3) is 0 Å². The van der Waals surface area contributed by atoms with Crippen LogP contribution in [0.5, 0.6) is 0 Å². The number of hydrogen-bond donors (Lipinski definition) is 1. The van der Waals surface area contributed by atoms with E-state index >= 15 is 0 Å². The van der Waals surface area contributed by atoms with Crippen LogP contribution in [-0.4, -0.2) is 25.9 Å². The van der Waals surface area contributed by atoms with E-state index in [0.717, 1.165) is 20.9 Å². The Morgan fingerprint density at radius 1 is 1.47 bits per heavy atom. The minimum Gasteiger partial charge on any atom is -0.324 e. The number of amides is 1. The monoisotopic (exact) mass is 273 g/mol. The van der Waals surface area contributed by atoms with Crippen LogP contribution in [0.3, 0.4) is 0 Å². The van der Waals surface area contributed by atoms with Gasteiger partial charge in [0.2, 0.25) is 5.91 Å². The lowest BCUT2D eigenvalue weighted by Gasteiger charge is -2.04. The predicted octanol–water partition coefficient (Wildman–Crippen LogP) is 1.83. The highest BCUT2D eigenvalue weighted by molar-refractivity contribution is 7.18. The summed E-state index contributed by atoms with van der Waals surface area (Å²) >= 11 is 1.61. The number of benzene rings is 1. The average Bonchev–Trinajstić information content (AvgIpc) is 2.96. The Kier molecular flexibility index (Phi) is 2.96. The van der Waals surface area contributed by atoms with Gasteiger partial charge in [0, 0.05) is 11.9 Å². The summed E-state index contributed by atoms with van der Waals surface area (Å²) in [7, 11) is 0. The lowest BCUT2D eigenvalue weighted by molar-refractivity contribution is -0.116. The average molecular weight is 273 g/mol. The van der Waals surface area contributed by atoms with Gasteiger partial charge in [-0.15, -0.1) is 16.4 Å². The van der Waals surface area contributed by atoms with Gasteiger partial charge in [-0.2, -0.15) is 0 Å². The number of carbonyl (C=O) groups excluding carboxylic acids is 1. The van der Waals surface area contributed by atoms with Crippen molar-refractivity contribution in [2.24, 2.45) is 0 Å². The fraction of sp³-hybridized carbons (Fsp3) is 0.167. The number of fused-ring (bicyclic) bond motifs is 1. The molecular formula is C12H11N5OS. The Hall–Kier alpha value is -2.28. The molecule has 3 rings (SSSR count). The molecule has 0 radical (unpaired) electrons. The molecule has 1 aromatic carbocycles. The molecule has 0 spiro atoms. The smallest absolute Gasteiger partial charge is 0.246 e. The molecular weight excluding hydrogens is 262 g/mol. The van der Waals surface area contributed by atoms with E-state index in [9.17, 15) is 4.79 Å². The van der Waals surface area contributed by atoms with Gasteiger partial charge in [0.05, 0.1) is 21.4 Å². The third kappa shape index (κ3) is 2.60. The summed E-state index contributed by atoms with van der Waals surface area (Å²) in [5.41, 5.74) is 1.72. The normalized spacial score (nSPS) is 10.8. The number of aromatic nitrogens is 4. The van der Waals surface area contributed by atoms with Crippen molar-refractivity contribution in [2.45, 2.75) is 13.5 Å². The van der Waals surface area contributed by atoms with Crippen LogP contribution in [-0.2, 0) is 11.3 Å². The highest BCUT2D eigenvalue weighted by Crippen LogP contribution is 2.24. The topological polar surface area (TPSA) is 72.7 Å². The summed E-state index contributed by atoms with van der Waals surface area (Å²) in [5.74, 6) is -0.133. The lowest BCUT2D eigenvalue weighted by atomic mass is 10.3. The Morgan fingerprint density at radius 2 is 2.37 bits per heavy atom. The number of thiazole rings is 1. The summed E-state index contributed by atoms with van der Waals surface area (Å²) in [4.78, 5) is 16.2. The first kappa shape index (κ1) is 11.8. The second-order valence-corrected chi connectivity index (χ2v) is 5.30. The Balaban J connectivity index is 1.75. The first-order chi connectivity index (χ1) is 9.20. The third-order valence-electron chi connectivity index (χ3n) is 2.56. The van der Waals surface area contributed by atoms with E-state index in [1.54, 1.807) is 23.7 Å². The molecule has 1 N–H and O–H groups in total. The zero-order valence-corrected chi connectivity index (χ0v) is 11.0. The maximum Gasteiger partial charge on any atom is 0.246 e. The van der Waals surface area contributed by atoms with Gasteiger partial charge in [-0.1, -0.05) is 5.21 Å². The first-order valence-corrected chi connectivity index (χ1v) is 6.53. The number of anilines is 1. The van der Waals surface area contributed by atoms with Gasteiger partial charge in [-0.3, -0.25) is 4.79 Å². The highest BCUT2D eigenvalue weighted by atomic mass is 32.1. The van der Waals surface area contributed by atoms with Crippen LogP contribution in [0, 0.1) is 6.92 Å². The second kappa shape index (κ2) is 4.77. The molecule has 0 saturated heterocycles. The molecule has 0 unspecified atom stereocenters. The first-order valence-electron chi connectivity index (χ1n) is 5.72. The van der Waals surface area contributed by atoms with E-state index in [1.165, 1.54) is 4.68 Å². The highest BCUT2D eigenvalue weighted by Gasteiger charge is 2.06. The van der Waals surface area contributed by atoms with Crippen LogP contribution in [0.4, 0.5) is 5.69 Å². The summed E-state index contributed by atoms with van der Waals surface area (Å²) in [5, 5.41) is 11.2. The molecule has 6 nitrogen and oxygen atoms in total. The fourth-order valence-corrected chi connectivity index (χ4v) is 2.65. The fourth-order valence-electron chi connectivity index (χ4n) is 1.78. The van der Waals surface area contributed by atoms with Gasteiger partial charge >= 0.3 is 0 Å². The SMILES string of the molecule is Cc1nc2ccc(NC(=O)Cn3ccnn3)cc2s1. The third-order valence-corrected chi connectivity index (χ3v) is 3.49. The van der Waals surface area contributed by atoms with E-state index in [4.69, 9.17) is 0 Å². The summed E-state index contributed by atoms with van der Waals surface area (Å²) in [6.07, 6.45) is 3.19. The zero-order valence-electron chi connectivity index (χ0n) is 10.2. The van der Waals surface area contributed by atoms with Crippen molar-refractivity contribution in [3.8, 4) is 0 Å². The number of carbonyl (C=O) groups is 1. The van der Waals surface area contributed by atoms with Crippen LogP contribution in [0.25, 0.3) is 10.2 Å². The van der Waals surface area contributed by atoms with E-state index in [1.807, 2.05) is 25.1 Å². The standard InChI is InChI=1S/C12H11N5OS/c1-8-14-10-3-2-9(6-11(10)19-8)15-12(18)7-17-5-4-13-16-17/h2-6H,7H2,1H3,(H,15,18). The Bertz CT molecular complexity index is 719. The molecule has 96 valence electrons. The molecule has 0 saturated carbocycles. The molecule has 0 fully saturated rings. The maximum atomic E-state index is 11.8. The van der Waals surface area contributed by atoms with Crippen LogP contribution < -0.4 is 5.32 Å². The second-order valence-electron chi connectivity index (χ2n) is 4.06. The molecule has 0 aliphatic carbocycles. The quantitative estimate of drug-likeness (QED) is 0.790. The minimum atomic E-state index is -0.133. The predicted molar refractivity (Wildman–Crippen MR) is 73.0 cm³/mol. The van der Waals surface area contributed by atoms with Crippen molar-refractivity contribution in [1.82, 2.24) is 20.0 Å².